The highest BCUT2D eigenvalue weighted by molar-refractivity contribution is 5.82. The summed E-state index contributed by atoms with van der Waals surface area (Å²) in [5.41, 5.74) is 1.62. The van der Waals surface area contributed by atoms with Crippen molar-refractivity contribution in [2.45, 2.75) is 26.3 Å². The van der Waals surface area contributed by atoms with Crippen molar-refractivity contribution in [3.8, 4) is 0 Å². The number of pyridine rings is 1. The zero-order chi connectivity index (χ0) is 15.1. The summed E-state index contributed by atoms with van der Waals surface area (Å²) < 4.78 is 18.5. The number of carbonyl (C=O) groups is 1. The molecule has 0 radical (unpaired) electrons. The summed E-state index contributed by atoms with van der Waals surface area (Å²) in [5, 5.41) is 3.77. The van der Waals surface area contributed by atoms with Crippen LogP contribution in [0.5, 0.6) is 0 Å². The first-order chi connectivity index (χ1) is 10.2. The van der Waals surface area contributed by atoms with Crippen LogP contribution in [0, 0.1) is 5.82 Å². The van der Waals surface area contributed by atoms with Crippen molar-refractivity contribution in [1.29, 1.82) is 0 Å². The maximum atomic E-state index is 13.7. The molecule has 2 rings (SSSR count). The number of benzene rings is 1. The second-order valence-electron chi connectivity index (χ2n) is 4.69. The normalized spacial score (nSPS) is 10.8. The van der Waals surface area contributed by atoms with Gasteiger partial charge in [0.05, 0.1) is 12.1 Å². The average Bonchev–Trinajstić information content (AvgIpc) is 2.49. The van der Waals surface area contributed by atoms with Gasteiger partial charge in [-0.2, -0.15) is 0 Å². The van der Waals surface area contributed by atoms with Gasteiger partial charge in [0.25, 0.3) is 0 Å². The number of ether oxygens (including phenoxy) is 1. The van der Waals surface area contributed by atoms with E-state index in [2.05, 4.69) is 10.3 Å². The smallest absolute Gasteiger partial charge is 0.305 e. The molecule has 0 unspecified atom stereocenters. The van der Waals surface area contributed by atoms with Gasteiger partial charge >= 0.3 is 5.97 Å². The van der Waals surface area contributed by atoms with Gasteiger partial charge in [-0.1, -0.05) is 6.07 Å². The van der Waals surface area contributed by atoms with Crippen molar-refractivity contribution < 1.29 is 13.9 Å². The predicted octanol–water partition coefficient (Wildman–Crippen LogP) is 2.81. The molecule has 0 amide bonds. The van der Waals surface area contributed by atoms with Crippen LogP contribution in [-0.4, -0.2) is 24.1 Å². The molecular formula is C16H19FN2O2. The molecule has 0 aliphatic rings. The van der Waals surface area contributed by atoms with Crippen LogP contribution in [0.2, 0.25) is 0 Å². The van der Waals surface area contributed by atoms with E-state index in [-0.39, 0.29) is 11.8 Å². The van der Waals surface area contributed by atoms with Crippen LogP contribution < -0.4 is 5.32 Å². The van der Waals surface area contributed by atoms with Gasteiger partial charge in [-0.15, -0.1) is 0 Å². The van der Waals surface area contributed by atoms with E-state index >= 15 is 0 Å². The Labute approximate surface area is 123 Å². The minimum atomic E-state index is -0.260. The topological polar surface area (TPSA) is 51.2 Å². The summed E-state index contributed by atoms with van der Waals surface area (Å²) in [4.78, 5) is 15.4. The zero-order valence-corrected chi connectivity index (χ0v) is 12.1. The van der Waals surface area contributed by atoms with Crippen molar-refractivity contribution in [2.75, 3.05) is 13.2 Å². The van der Waals surface area contributed by atoms with Crippen LogP contribution in [0.15, 0.2) is 30.5 Å². The van der Waals surface area contributed by atoms with Gasteiger partial charge in [0.2, 0.25) is 0 Å². The minimum absolute atomic E-state index is 0.173. The quantitative estimate of drug-likeness (QED) is 0.629. The minimum Gasteiger partial charge on any atom is -0.466 e. The molecule has 1 aromatic heterocycles. The molecule has 5 heteroatoms. The third kappa shape index (κ3) is 4.23. The molecule has 0 fully saturated rings. The van der Waals surface area contributed by atoms with E-state index < -0.39 is 0 Å². The van der Waals surface area contributed by atoms with E-state index in [1.54, 1.807) is 31.3 Å². The lowest BCUT2D eigenvalue weighted by atomic mass is 10.1. The molecular weight excluding hydrogens is 271 g/mol. The molecule has 2 aromatic rings. The molecule has 1 heterocycles. The standard InChI is InChI=1S/C16H19FN2O2/c1-2-21-15(20)6-4-9-18-11-12-7-8-14(17)13-5-3-10-19-16(12)13/h3,5,7-8,10,18H,2,4,6,9,11H2,1H3. The molecule has 1 aromatic carbocycles. The largest absolute Gasteiger partial charge is 0.466 e. The molecule has 0 saturated heterocycles. The van der Waals surface area contributed by atoms with Gasteiger partial charge < -0.3 is 10.1 Å². The van der Waals surface area contributed by atoms with Crippen molar-refractivity contribution in [3.63, 3.8) is 0 Å². The van der Waals surface area contributed by atoms with Crippen molar-refractivity contribution >= 4 is 16.9 Å². The van der Waals surface area contributed by atoms with E-state index in [0.29, 0.717) is 43.4 Å². The summed E-state index contributed by atoms with van der Waals surface area (Å²) in [6.45, 7) is 3.50. The summed E-state index contributed by atoms with van der Waals surface area (Å²) in [7, 11) is 0. The number of nitrogens with zero attached hydrogens (tertiary/aromatic N) is 1. The van der Waals surface area contributed by atoms with Crippen LogP contribution in [0.3, 0.4) is 0 Å². The SMILES string of the molecule is CCOC(=O)CCCNCc1ccc(F)c2cccnc12. The highest BCUT2D eigenvalue weighted by Crippen LogP contribution is 2.19. The summed E-state index contributed by atoms with van der Waals surface area (Å²) in [5.74, 6) is -0.433. The number of rotatable bonds is 7. The summed E-state index contributed by atoms with van der Waals surface area (Å²) in [6.07, 6.45) is 2.78. The van der Waals surface area contributed by atoms with Gasteiger partial charge in [-0.3, -0.25) is 9.78 Å². The molecule has 4 nitrogen and oxygen atoms in total. The molecule has 0 saturated carbocycles. The third-order valence-electron chi connectivity index (χ3n) is 3.16. The Hall–Kier alpha value is -2.01. The fraction of sp³-hybridized carbons (Fsp3) is 0.375. The van der Waals surface area contributed by atoms with Crippen molar-refractivity contribution in [2.24, 2.45) is 0 Å². The Morgan fingerprint density at radius 3 is 3.05 bits per heavy atom. The Bertz CT molecular complexity index is 616. The van der Waals surface area contributed by atoms with Gasteiger partial charge in [0.15, 0.2) is 0 Å². The van der Waals surface area contributed by atoms with Gasteiger partial charge in [0, 0.05) is 24.5 Å². The Morgan fingerprint density at radius 2 is 2.24 bits per heavy atom. The molecule has 0 bridgehead atoms. The number of carbonyl (C=O) groups excluding carboxylic acids is 1. The Kier molecular flexibility index (Phi) is 5.63. The van der Waals surface area contributed by atoms with E-state index in [0.717, 1.165) is 5.56 Å². The Morgan fingerprint density at radius 1 is 1.38 bits per heavy atom. The molecule has 112 valence electrons. The van der Waals surface area contributed by atoms with Gasteiger partial charge in [0.1, 0.15) is 5.82 Å². The summed E-state index contributed by atoms with van der Waals surface area (Å²) >= 11 is 0. The average molecular weight is 290 g/mol. The molecule has 0 spiro atoms. The number of nitrogens with one attached hydrogen (secondary N) is 1. The first-order valence-corrected chi connectivity index (χ1v) is 7.11. The summed E-state index contributed by atoms with van der Waals surface area (Å²) in [6, 6.07) is 6.65. The fourth-order valence-electron chi connectivity index (χ4n) is 2.15. The van der Waals surface area contributed by atoms with Crippen LogP contribution in [-0.2, 0) is 16.1 Å². The highest BCUT2D eigenvalue weighted by Gasteiger charge is 2.06. The van der Waals surface area contributed by atoms with E-state index in [4.69, 9.17) is 4.74 Å². The first-order valence-electron chi connectivity index (χ1n) is 7.11. The molecule has 1 N–H and O–H groups in total. The third-order valence-corrected chi connectivity index (χ3v) is 3.16. The number of aromatic nitrogens is 1. The highest BCUT2D eigenvalue weighted by atomic mass is 19.1. The van der Waals surface area contributed by atoms with Crippen molar-refractivity contribution in [1.82, 2.24) is 10.3 Å². The van der Waals surface area contributed by atoms with Crippen LogP contribution in [0.25, 0.3) is 10.9 Å². The van der Waals surface area contributed by atoms with Gasteiger partial charge in [-0.25, -0.2) is 4.39 Å². The van der Waals surface area contributed by atoms with Crippen LogP contribution >= 0.6 is 0 Å². The van der Waals surface area contributed by atoms with Gasteiger partial charge in [-0.05, 0) is 43.7 Å². The second-order valence-corrected chi connectivity index (χ2v) is 4.69. The number of halogens is 1. The monoisotopic (exact) mass is 290 g/mol. The van der Waals surface area contributed by atoms with Crippen LogP contribution in [0.1, 0.15) is 25.3 Å². The van der Waals surface area contributed by atoms with E-state index in [1.807, 2.05) is 0 Å². The molecule has 0 atom stereocenters. The number of hydrogen-bond acceptors (Lipinski definition) is 4. The fourth-order valence-corrected chi connectivity index (χ4v) is 2.15. The molecule has 0 aliphatic heterocycles. The maximum absolute atomic E-state index is 13.7. The maximum Gasteiger partial charge on any atom is 0.305 e. The number of fused-ring (bicyclic) bond motifs is 1. The lowest BCUT2D eigenvalue weighted by Crippen LogP contribution is -2.17. The number of esters is 1. The second kappa shape index (κ2) is 7.69. The number of hydrogen-bond donors (Lipinski definition) is 1. The molecule has 21 heavy (non-hydrogen) atoms. The first kappa shape index (κ1) is 15.4. The lowest BCUT2D eigenvalue weighted by Gasteiger charge is -2.08. The van der Waals surface area contributed by atoms with Crippen LogP contribution in [0.4, 0.5) is 4.39 Å². The van der Waals surface area contributed by atoms with E-state index in [9.17, 15) is 9.18 Å². The molecule has 0 aliphatic carbocycles. The van der Waals surface area contributed by atoms with E-state index in [1.165, 1.54) is 6.07 Å². The zero-order valence-electron chi connectivity index (χ0n) is 12.1. The predicted molar refractivity (Wildman–Crippen MR) is 79.3 cm³/mol. The lowest BCUT2D eigenvalue weighted by molar-refractivity contribution is -0.143. The Balaban J connectivity index is 1.87. The van der Waals surface area contributed by atoms with Crippen molar-refractivity contribution in [3.05, 3.63) is 41.8 Å².